The summed E-state index contributed by atoms with van der Waals surface area (Å²) in [5, 5.41) is 12.7. The van der Waals surface area contributed by atoms with Gasteiger partial charge in [0.25, 0.3) is 5.91 Å². The van der Waals surface area contributed by atoms with Gasteiger partial charge in [0.2, 0.25) is 0 Å². The number of carbonyl (C=O) groups excluding carboxylic acids is 2. The van der Waals surface area contributed by atoms with Gasteiger partial charge in [0.05, 0.1) is 17.0 Å². The maximum Gasteiger partial charge on any atom is 0.306 e. The van der Waals surface area contributed by atoms with Crippen molar-refractivity contribution in [3.63, 3.8) is 0 Å². The zero-order chi connectivity index (χ0) is 23.1. The van der Waals surface area contributed by atoms with Crippen LogP contribution < -0.4 is 10.1 Å². The zero-order valence-electron chi connectivity index (χ0n) is 17.5. The molecule has 1 amide bonds. The number of carboxylic acids is 1. The summed E-state index contributed by atoms with van der Waals surface area (Å²) in [6.07, 6.45) is 3.23. The van der Waals surface area contributed by atoms with Crippen molar-refractivity contribution in [3.8, 4) is 5.75 Å². The van der Waals surface area contributed by atoms with E-state index in [1.54, 1.807) is 42.5 Å². The number of carbonyl (C=O) groups is 3. The van der Waals surface area contributed by atoms with Crippen LogP contribution in [-0.2, 0) is 4.79 Å². The number of halogens is 2. The molecule has 1 aliphatic rings. The van der Waals surface area contributed by atoms with E-state index in [9.17, 15) is 14.4 Å². The van der Waals surface area contributed by atoms with Crippen LogP contribution in [0, 0.1) is 5.92 Å². The summed E-state index contributed by atoms with van der Waals surface area (Å²) in [5.74, 6) is -0.802. The molecule has 8 heteroatoms. The fourth-order valence-electron chi connectivity index (χ4n) is 3.70. The van der Waals surface area contributed by atoms with E-state index in [0.29, 0.717) is 65.6 Å². The lowest BCUT2D eigenvalue weighted by Gasteiger charge is -2.26. The standard InChI is InChI=1S/C24H25Cl2NO5/c25-17-7-3-15(4-8-17)23(29)27-13-1-2-22(28)20-12-11-19(14-21(20)26)32-18-9-5-16(6-10-18)24(30)31/h3-4,7-8,11-12,14,16,18H,1-2,5-6,9-10,13H2,(H,27,29)(H,30,31). The van der Waals surface area contributed by atoms with Gasteiger partial charge in [-0.1, -0.05) is 23.2 Å². The number of amides is 1. The Balaban J connectivity index is 1.44. The van der Waals surface area contributed by atoms with Crippen molar-refractivity contribution in [1.29, 1.82) is 0 Å². The van der Waals surface area contributed by atoms with Crippen LogP contribution in [0.25, 0.3) is 0 Å². The molecule has 6 nitrogen and oxygen atoms in total. The number of ether oxygens (including phenoxy) is 1. The van der Waals surface area contributed by atoms with E-state index in [4.69, 9.17) is 33.0 Å². The molecule has 170 valence electrons. The summed E-state index contributed by atoms with van der Waals surface area (Å²) in [7, 11) is 0. The lowest BCUT2D eigenvalue weighted by Crippen LogP contribution is -2.27. The number of carboxylic acid groups (broad SMARTS) is 1. The second-order valence-electron chi connectivity index (χ2n) is 7.86. The van der Waals surface area contributed by atoms with Gasteiger partial charge < -0.3 is 15.2 Å². The third kappa shape index (κ3) is 6.71. The topological polar surface area (TPSA) is 92.7 Å². The maximum absolute atomic E-state index is 12.5. The highest BCUT2D eigenvalue weighted by molar-refractivity contribution is 6.34. The number of ketones is 1. The minimum atomic E-state index is -0.751. The van der Waals surface area contributed by atoms with Gasteiger partial charge >= 0.3 is 5.97 Å². The summed E-state index contributed by atoms with van der Waals surface area (Å²) in [6, 6.07) is 11.6. The molecule has 0 saturated heterocycles. The molecule has 2 aromatic carbocycles. The van der Waals surface area contributed by atoms with Crippen LogP contribution in [0.5, 0.6) is 5.75 Å². The SMILES string of the molecule is O=C(NCCCC(=O)c1ccc(OC2CCC(C(=O)O)CC2)cc1Cl)c1ccc(Cl)cc1. The molecule has 3 rings (SSSR count). The molecule has 0 radical (unpaired) electrons. The Morgan fingerprint density at radius 1 is 1.00 bits per heavy atom. The molecule has 1 aliphatic carbocycles. The summed E-state index contributed by atoms with van der Waals surface area (Å²) in [6.45, 7) is 0.366. The van der Waals surface area contributed by atoms with Crippen molar-refractivity contribution >= 4 is 40.9 Å². The van der Waals surface area contributed by atoms with Gasteiger partial charge in [0, 0.05) is 29.1 Å². The predicted octanol–water partition coefficient (Wildman–Crippen LogP) is 5.41. The molecule has 0 unspecified atom stereocenters. The fraction of sp³-hybridized carbons (Fsp3) is 0.375. The third-order valence-corrected chi connectivity index (χ3v) is 6.10. The summed E-state index contributed by atoms with van der Waals surface area (Å²) >= 11 is 12.1. The first kappa shape index (κ1) is 24.1. The highest BCUT2D eigenvalue weighted by Crippen LogP contribution is 2.30. The van der Waals surface area contributed by atoms with E-state index >= 15 is 0 Å². The Kier molecular flexibility index (Phi) is 8.53. The zero-order valence-corrected chi connectivity index (χ0v) is 19.0. The van der Waals surface area contributed by atoms with Crippen molar-refractivity contribution in [3.05, 3.63) is 63.6 Å². The number of hydrogen-bond donors (Lipinski definition) is 2. The largest absolute Gasteiger partial charge is 0.490 e. The van der Waals surface area contributed by atoms with Gasteiger partial charge in [-0.05, 0) is 74.6 Å². The van der Waals surface area contributed by atoms with Crippen molar-refractivity contribution < 1.29 is 24.2 Å². The number of Topliss-reactive ketones (excluding diaryl/α,β-unsaturated/α-hetero) is 1. The van der Waals surface area contributed by atoms with Crippen LogP contribution >= 0.6 is 23.2 Å². The molecular formula is C24H25Cl2NO5. The molecule has 0 aliphatic heterocycles. The monoisotopic (exact) mass is 477 g/mol. The second-order valence-corrected chi connectivity index (χ2v) is 8.70. The van der Waals surface area contributed by atoms with E-state index in [0.717, 1.165) is 0 Å². The van der Waals surface area contributed by atoms with Crippen molar-refractivity contribution in [2.24, 2.45) is 5.92 Å². The molecule has 0 heterocycles. The molecule has 0 spiro atoms. The van der Waals surface area contributed by atoms with Crippen LogP contribution in [-0.4, -0.2) is 35.4 Å². The minimum Gasteiger partial charge on any atom is -0.490 e. The summed E-state index contributed by atoms with van der Waals surface area (Å²) in [5.41, 5.74) is 0.924. The van der Waals surface area contributed by atoms with E-state index in [1.165, 1.54) is 0 Å². The molecule has 0 atom stereocenters. The van der Waals surface area contributed by atoms with E-state index in [1.807, 2.05) is 0 Å². The first-order chi connectivity index (χ1) is 15.3. The molecule has 1 fully saturated rings. The number of benzene rings is 2. The second kappa shape index (κ2) is 11.3. The van der Waals surface area contributed by atoms with E-state index in [2.05, 4.69) is 5.32 Å². The van der Waals surface area contributed by atoms with Gasteiger partial charge in [-0.25, -0.2) is 0 Å². The minimum absolute atomic E-state index is 0.0486. The van der Waals surface area contributed by atoms with Crippen LogP contribution in [0.1, 0.15) is 59.2 Å². The Morgan fingerprint density at radius 3 is 2.31 bits per heavy atom. The first-order valence-corrected chi connectivity index (χ1v) is 11.3. The van der Waals surface area contributed by atoms with Crippen LogP contribution in [0.3, 0.4) is 0 Å². The fourth-order valence-corrected chi connectivity index (χ4v) is 4.11. The Labute approximate surface area is 196 Å². The Morgan fingerprint density at radius 2 is 1.69 bits per heavy atom. The molecule has 0 aromatic heterocycles. The van der Waals surface area contributed by atoms with Gasteiger partial charge in [0.15, 0.2) is 5.78 Å². The number of aliphatic carboxylic acids is 1. The number of nitrogens with one attached hydrogen (secondary N) is 1. The quantitative estimate of drug-likeness (QED) is 0.372. The first-order valence-electron chi connectivity index (χ1n) is 10.6. The maximum atomic E-state index is 12.5. The number of rotatable bonds is 9. The van der Waals surface area contributed by atoms with Crippen molar-refractivity contribution in [1.82, 2.24) is 5.32 Å². The normalized spacial score (nSPS) is 18.1. The number of hydrogen-bond acceptors (Lipinski definition) is 4. The summed E-state index contributed by atoms with van der Waals surface area (Å²) in [4.78, 5) is 35.6. The predicted molar refractivity (Wildman–Crippen MR) is 123 cm³/mol. The van der Waals surface area contributed by atoms with E-state index in [-0.39, 0.29) is 30.1 Å². The molecular weight excluding hydrogens is 453 g/mol. The van der Waals surface area contributed by atoms with Crippen LogP contribution in [0.2, 0.25) is 10.0 Å². The highest BCUT2D eigenvalue weighted by atomic mass is 35.5. The summed E-state index contributed by atoms with van der Waals surface area (Å²) < 4.78 is 5.93. The van der Waals surface area contributed by atoms with E-state index < -0.39 is 5.97 Å². The van der Waals surface area contributed by atoms with Gasteiger partial charge in [-0.3, -0.25) is 14.4 Å². The van der Waals surface area contributed by atoms with Crippen LogP contribution in [0.15, 0.2) is 42.5 Å². The lowest BCUT2D eigenvalue weighted by atomic mass is 9.87. The highest BCUT2D eigenvalue weighted by Gasteiger charge is 2.27. The molecule has 2 N–H and O–H groups in total. The smallest absolute Gasteiger partial charge is 0.306 e. The molecule has 1 saturated carbocycles. The lowest BCUT2D eigenvalue weighted by molar-refractivity contribution is -0.143. The molecule has 2 aromatic rings. The van der Waals surface area contributed by atoms with Crippen molar-refractivity contribution in [2.45, 2.75) is 44.6 Å². The average molecular weight is 478 g/mol. The Hall–Kier alpha value is -2.57. The molecule has 32 heavy (non-hydrogen) atoms. The average Bonchev–Trinajstić information content (AvgIpc) is 2.77. The Bertz CT molecular complexity index is 969. The van der Waals surface area contributed by atoms with Gasteiger partial charge in [-0.2, -0.15) is 0 Å². The van der Waals surface area contributed by atoms with Crippen LogP contribution in [0.4, 0.5) is 0 Å². The van der Waals surface area contributed by atoms with Crippen molar-refractivity contribution in [2.75, 3.05) is 6.54 Å². The van der Waals surface area contributed by atoms with Gasteiger partial charge in [0.1, 0.15) is 5.75 Å². The third-order valence-electron chi connectivity index (χ3n) is 5.54. The molecule has 0 bridgehead atoms. The van der Waals surface area contributed by atoms with Gasteiger partial charge in [-0.15, -0.1) is 0 Å².